The van der Waals surface area contributed by atoms with E-state index in [0.717, 1.165) is 8.95 Å². The van der Waals surface area contributed by atoms with E-state index in [9.17, 15) is 9.59 Å². The van der Waals surface area contributed by atoms with E-state index in [1.54, 1.807) is 48.5 Å². The molecule has 5 heteroatoms. The summed E-state index contributed by atoms with van der Waals surface area (Å²) in [7, 11) is 0. The fourth-order valence-electron chi connectivity index (χ4n) is 1.45. The minimum atomic E-state index is -0.416. The van der Waals surface area contributed by atoms with Crippen molar-refractivity contribution in [1.82, 2.24) is 5.32 Å². The second kappa shape index (κ2) is 6.12. The zero-order valence-electron chi connectivity index (χ0n) is 9.69. The third kappa shape index (κ3) is 3.75. The van der Waals surface area contributed by atoms with Crippen LogP contribution in [0.15, 0.2) is 57.5 Å². The maximum Gasteiger partial charge on any atom is 0.258 e. The Morgan fingerprint density at radius 3 is 1.32 bits per heavy atom. The first-order valence-corrected chi connectivity index (χ1v) is 7.01. The molecule has 0 spiro atoms. The Kier molecular flexibility index (Phi) is 4.50. The number of hydrogen-bond acceptors (Lipinski definition) is 2. The summed E-state index contributed by atoms with van der Waals surface area (Å²) in [6.45, 7) is 0. The van der Waals surface area contributed by atoms with Gasteiger partial charge in [0.15, 0.2) is 0 Å². The fraction of sp³-hybridized carbons (Fsp3) is 0. The first-order valence-electron chi connectivity index (χ1n) is 5.43. The van der Waals surface area contributed by atoms with E-state index >= 15 is 0 Å². The maximum absolute atomic E-state index is 11.9. The van der Waals surface area contributed by atoms with Crippen molar-refractivity contribution in [1.29, 1.82) is 0 Å². The van der Waals surface area contributed by atoms with Crippen molar-refractivity contribution in [2.24, 2.45) is 0 Å². The summed E-state index contributed by atoms with van der Waals surface area (Å²) in [6, 6.07) is 13.6. The predicted octanol–water partition coefficient (Wildman–Crippen LogP) is 3.78. The molecule has 96 valence electrons. The van der Waals surface area contributed by atoms with Gasteiger partial charge >= 0.3 is 0 Å². The van der Waals surface area contributed by atoms with E-state index in [2.05, 4.69) is 37.2 Å². The van der Waals surface area contributed by atoms with Gasteiger partial charge < -0.3 is 0 Å². The molecule has 0 aliphatic heterocycles. The van der Waals surface area contributed by atoms with Gasteiger partial charge in [-0.15, -0.1) is 0 Å². The highest BCUT2D eigenvalue weighted by Gasteiger charge is 2.11. The van der Waals surface area contributed by atoms with Gasteiger partial charge in [0.25, 0.3) is 11.8 Å². The van der Waals surface area contributed by atoms with Gasteiger partial charge in [0, 0.05) is 20.1 Å². The molecule has 0 radical (unpaired) electrons. The van der Waals surface area contributed by atoms with Crippen LogP contribution in [0.25, 0.3) is 0 Å². The van der Waals surface area contributed by atoms with Crippen LogP contribution in [0.4, 0.5) is 0 Å². The number of halogens is 2. The smallest absolute Gasteiger partial charge is 0.258 e. The van der Waals surface area contributed by atoms with Gasteiger partial charge in [-0.1, -0.05) is 31.9 Å². The molecule has 0 aliphatic rings. The molecule has 0 bridgehead atoms. The van der Waals surface area contributed by atoms with Gasteiger partial charge in [0.2, 0.25) is 0 Å². The first-order chi connectivity index (χ1) is 9.06. The van der Waals surface area contributed by atoms with Crippen LogP contribution < -0.4 is 5.32 Å². The quantitative estimate of drug-likeness (QED) is 0.803. The first kappa shape index (κ1) is 14.0. The number of rotatable bonds is 2. The summed E-state index contributed by atoms with van der Waals surface area (Å²) in [5.74, 6) is -0.833. The van der Waals surface area contributed by atoms with Crippen LogP contribution >= 0.6 is 31.9 Å². The van der Waals surface area contributed by atoms with E-state index in [-0.39, 0.29) is 0 Å². The molecule has 2 amide bonds. The number of carbonyl (C=O) groups excluding carboxylic acids is 2. The molecule has 0 unspecified atom stereocenters. The molecule has 0 aliphatic carbocycles. The monoisotopic (exact) mass is 381 g/mol. The Morgan fingerprint density at radius 2 is 1.00 bits per heavy atom. The highest BCUT2D eigenvalue weighted by atomic mass is 79.9. The van der Waals surface area contributed by atoms with E-state index in [4.69, 9.17) is 0 Å². The average molecular weight is 383 g/mol. The molecule has 19 heavy (non-hydrogen) atoms. The standard InChI is InChI=1S/C14H9Br2NO2/c15-11-5-1-9(2-6-11)13(18)17-14(19)10-3-7-12(16)8-4-10/h1-8H,(H,17,18,19). The summed E-state index contributed by atoms with van der Waals surface area (Å²) in [4.78, 5) is 23.7. The summed E-state index contributed by atoms with van der Waals surface area (Å²) < 4.78 is 1.76. The van der Waals surface area contributed by atoms with Crippen LogP contribution in [-0.2, 0) is 0 Å². The van der Waals surface area contributed by atoms with Gasteiger partial charge in [-0.3, -0.25) is 14.9 Å². The number of imide groups is 1. The molecule has 2 aromatic carbocycles. The lowest BCUT2D eigenvalue weighted by Gasteiger charge is -2.04. The molecular weight excluding hydrogens is 374 g/mol. The molecule has 0 saturated heterocycles. The minimum Gasteiger partial charge on any atom is -0.288 e. The van der Waals surface area contributed by atoms with Gasteiger partial charge in [-0.05, 0) is 48.5 Å². The largest absolute Gasteiger partial charge is 0.288 e. The molecule has 0 heterocycles. The molecule has 0 aromatic heterocycles. The number of benzene rings is 2. The summed E-state index contributed by atoms with van der Waals surface area (Å²) in [5, 5.41) is 2.34. The Balaban J connectivity index is 2.08. The zero-order valence-corrected chi connectivity index (χ0v) is 12.9. The summed E-state index contributed by atoms with van der Waals surface area (Å²) >= 11 is 6.57. The number of carbonyl (C=O) groups is 2. The molecule has 2 rings (SSSR count). The van der Waals surface area contributed by atoms with Crippen molar-refractivity contribution in [3.63, 3.8) is 0 Å². The molecule has 0 saturated carbocycles. The molecule has 1 N–H and O–H groups in total. The molecule has 3 nitrogen and oxygen atoms in total. The van der Waals surface area contributed by atoms with Gasteiger partial charge in [-0.2, -0.15) is 0 Å². The highest BCUT2D eigenvalue weighted by Crippen LogP contribution is 2.12. The van der Waals surface area contributed by atoms with Crippen molar-refractivity contribution >= 4 is 43.7 Å². The third-order valence-corrected chi connectivity index (χ3v) is 3.50. The van der Waals surface area contributed by atoms with Crippen molar-refractivity contribution in [3.8, 4) is 0 Å². The molecule has 0 atom stereocenters. The predicted molar refractivity (Wildman–Crippen MR) is 80.1 cm³/mol. The van der Waals surface area contributed by atoms with E-state index in [1.165, 1.54) is 0 Å². The van der Waals surface area contributed by atoms with Crippen LogP contribution in [0, 0.1) is 0 Å². The second-order valence-electron chi connectivity index (χ2n) is 3.80. The van der Waals surface area contributed by atoms with Crippen LogP contribution in [-0.4, -0.2) is 11.8 Å². The summed E-state index contributed by atoms with van der Waals surface area (Å²) in [5.41, 5.74) is 0.877. The lowest BCUT2D eigenvalue weighted by Crippen LogP contribution is -2.30. The second-order valence-corrected chi connectivity index (χ2v) is 5.63. The number of hydrogen-bond donors (Lipinski definition) is 1. The molecule has 0 fully saturated rings. The van der Waals surface area contributed by atoms with E-state index < -0.39 is 11.8 Å². The number of nitrogens with one attached hydrogen (secondary N) is 1. The normalized spacial score (nSPS) is 10.0. The van der Waals surface area contributed by atoms with Crippen molar-refractivity contribution in [2.45, 2.75) is 0 Å². The minimum absolute atomic E-state index is 0.416. The lowest BCUT2D eigenvalue weighted by molar-refractivity contribution is 0.0849. The highest BCUT2D eigenvalue weighted by molar-refractivity contribution is 9.10. The Morgan fingerprint density at radius 1 is 0.684 bits per heavy atom. The third-order valence-electron chi connectivity index (χ3n) is 2.44. The molecule has 2 aromatic rings. The van der Waals surface area contributed by atoms with E-state index in [0.29, 0.717) is 11.1 Å². The van der Waals surface area contributed by atoms with Crippen LogP contribution in [0.2, 0.25) is 0 Å². The van der Waals surface area contributed by atoms with E-state index in [1.807, 2.05) is 0 Å². The Labute approximate surface area is 127 Å². The van der Waals surface area contributed by atoms with Crippen molar-refractivity contribution < 1.29 is 9.59 Å². The Bertz CT molecular complexity index is 551. The van der Waals surface area contributed by atoms with Gasteiger partial charge in [-0.25, -0.2) is 0 Å². The van der Waals surface area contributed by atoms with Crippen molar-refractivity contribution in [3.05, 3.63) is 68.6 Å². The van der Waals surface area contributed by atoms with Gasteiger partial charge in [0.1, 0.15) is 0 Å². The van der Waals surface area contributed by atoms with Crippen LogP contribution in [0.1, 0.15) is 20.7 Å². The maximum atomic E-state index is 11.9. The lowest BCUT2D eigenvalue weighted by atomic mass is 10.2. The van der Waals surface area contributed by atoms with Gasteiger partial charge in [0.05, 0.1) is 0 Å². The Hall–Kier alpha value is -1.46. The topological polar surface area (TPSA) is 46.2 Å². The average Bonchev–Trinajstić information content (AvgIpc) is 2.40. The summed E-state index contributed by atoms with van der Waals surface area (Å²) in [6.07, 6.45) is 0. The number of amides is 2. The SMILES string of the molecule is O=C(NC(=O)c1ccc(Br)cc1)c1ccc(Br)cc1. The van der Waals surface area contributed by atoms with Crippen LogP contribution in [0.5, 0.6) is 0 Å². The fourth-order valence-corrected chi connectivity index (χ4v) is 1.98. The zero-order chi connectivity index (χ0) is 13.8. The van der Waals surface area contributed by atoms with Crippen LogP contribution in [0.3, 0.4) is 0 Å². The van der Waals surface area contributed by atoms with Crippen molar-refractivity contribution in [2.75, 3.05) is 0 Å². The molecular formula is C14H9Br2NO2.